The molecule has 2 amide bonds. The molecular formula is C11H25N3O. The Balaban J connectivity index is 4.10. The van der Waals surface area contributed by atoms with Gasteiger partial charge in [0.2, 0.25) is 0 Å². The zero-order valence-corrected chi connectivity index (χ0v) is 10.8. The van der Waals surface area contributed by atoms with E-state index in [9.17, 15) is 4.79 Å². The van der Waals surface area contributed by atoms with Crippen molar-refractivity contribution in [3.8, 4) is 0 Å². The molecule has 0 spiro atoms. The topological polar surface area (TPSA) is 67.2 Å². The maximum absolute atomic E-state index is 11.3. The molecule has 4 heteroatoms. The van der Waals surface area contributed by atoms with Crippen LogP contribution in [-0.2, 0) is 0 Å². The molecule has 4 nitrogen and oxygen atoms in total. The molecule has 0 aliphatic heterocycles. The second-order valence-corrected chi connectivity index (χ2v) is 5.65. The molecule has 0 aliphatic rings. The van der Waals surface area contributed by atoms with E-state index in [1.54, 1.807) is 0 Å². The van der Waals surface area contributed by atoms with Crippen LogP contribution in [0.5, 0.6) is 0 Å². The number of hydrogen-bond acceptors (Lipinski definition) is 2. The van der Waals surface area contributed by atoms with Crippen LogP contribution >= 0.6 is 0 Å². The Morgan fingerprint density at radius 1 is 1.27 bits per heavy atom. The Kier molecular flexibility index (Phi) is 4.59. The Hall–Kier alpha value is -0.770. The van der Waals surface area contributed by atoms with E-state index in [1.165, 1.54) is 0 Å². The highest BCUT2D eigenvalue weighted by atomic mass is 16.2. The minimum Gasteiger partial charge on any atom is -0.336 e. The summed E-state index contributed by atoms with van der Waals surface area (Å²) in [6.07, 6.45) is 0. The lowest BCUT2D eigenvalue weighted by molar-refractivity contribution is 0.196. The summed E-state index contributed by atoms with van der Waals surface area (Å²) in [4.78, 5) is 11.3. The lowest BCUT2D eigenvalue weighted by Crippen LogP contribution is -2.57. The lowest BCUT2D eigenvalue weighted by Gasteiger charge is -2.38. The van der Waals surface area contributed by atoms with Crippen molar-refractivity contribution in [2.75, 3.05) is 6.54 Å². The highest BCUT2D eigenvalue weighted by Gasteiger charge is 2.33. The van der Waals surface area contributed by atoms with Crippen LogP contribution in [-0.4, -0.2) is 24.2 Å². The molecule has 0 aromatic rings. The van der Waals surface area contributed by atoms with Crippen molar-refractivity contribution in [1.29, 1.82) is 0 Å². The van der Waals surface area contributed by atoms with Crippen molar-refractivity contribution < 1.29 is 4.79 Å². The van der Waals surface area contributed by atoms with E-state index < -0.39 is 5.54 Å². The smallest absolute Gasteiger partial charge is 0.315 e. The van der Waals surface area contributed by atoms with Crippen LogP contribution in [0.2, 0.25) is 0 Å². The number of amides is 2. The largest absolute Gasteiger partial charge is 0.336 e. The van der Waals surface area contributed by atoms with Gasteiger partial charge in [0.25, 0.3) is 0 Å². The highest BCUT2D eigenvalue weighted by Crippen LogP contribution is 2.26. The Labute approximate surface area is 93.0 Å². The number of nitrogens with one attached hydrogen (secondary N) is 2. The fourth-order valence-electron chi connectivity index (χ4n) is 0.842. The highest BCUT2D eigenvalue weighted by molar-refractivity contribution is 5.74. The molecule has 0 fully saturated rings. The summed E-state index contributed by atoms with van der Waals surface area (Å²) < 4.78 is 0. The number of nitrogens with two attached hydrogens (primary N) is 1. The van der Waals surface area contributed by atoms with E-state index in [4.69, 9.17) is 5.73 Å². The van der Waals surface area contributed by atoms with Gasteiger partial charge in [-0.1, -0.05) is 20.8 Å². The van der Waals surface area contributed by atoms with Gasteiger partial charge < -0.3 is 16.4 Å². The van der Waals surface area contributed by atoms with Gasteiger partial charge in [0, 0.05) is 18.1 Å². The van der Waals surface area contributed by atoms with Crippen LogP contribution in [0.25, 0.3) is 0 Å². The van der Waals surface area contributed by atoms with Crippen LogP contribution in [0, 0.1) is 5.41 Å². The predicted molar refractivity (Wildman–Crippen MR) is 63.7 cm³/mol. The third-order valence-electron chi connectivity index (χ3n) is 2.75. The minimum absolute atomic E-state index is 0.0435. The molecule has 0 radical (unpaired) electrons. The van der Waals surface area contributed by atoms with E-state index in [-0.39, 0.29) is 17.5 Å². The molecule has 0 bridgehead atoms. The normalized spacial score (nSPS) is 16.0. The van der Waals surface area contributed by atoms with Gasteiger partial charge in [-0.2, -0.15) is 0 Å². The Bertz CT molecular complexity index is 216. The van der Waals surface area contributed by atoms with Crippen LogP contribution in [0.15, 0.2) is 0 Å². The first-order valence-electron chi connectivity index (χ1n) is 5.39. The van der Waals surface area contributed by atoms with E-state index in [2.05, 4.69) is 31.4 Å². The van der Waals surface area contributed by atoms with Crippen molar-refractivity contribution in [1.82, 2.24) is 10.6 Å². The average molecular weight is 215 g/mol. The van der Waals surface area contributed by atoms with Crippen molar-refractivity contribution in [3.05, 3.63) is 0 Å². The number of hydrogen-bond donors (Lipinski definition) is 3. The molecule has 90 valence electrons. The summed E-state index contributed by atoms with van der Waals surface area (Å²) >= 11 is 0. The number of rotatable bonds is 3. The molecule has 0 saturated carbocycles. The van der Waals surface area contributed by atoms with Crippen molar-refractivity contribution in [3.63, 3.8) is 0 Å². The molecule has 15 heavy (non-hydrogen) atoms. The minimum atomic E-state index is -0.415. The first kappa shape index (κ1) is 14.2. The molecule has 1 unspecified atom stereocenters. The first-order chi connectivity index (χ1) is 6.56. The van der Waals surface area contributed by atoms with Crippen molar-refractivity contribution in [2.45, 2.75) is 53.1 Å². The summed E-state index contributed by atoms with van der Waals surface area (Å²) in [5.74, 6) is 0. The van der Waals surface area contributed by atoms with Gasteiger partial charge in [0.1, 0.15) is 0 Å². The van der Waals surface area contributed by atoms with Gasteiger partial charge in [-0.15, -0.1) is 0 Å². The van der Waals surface area contributed by atoms with Gasteiger partial charge in [-0.05, 0) is 26.2 Å². The van der Waals surface area contributed by atoms with Crippen molar-refractivity contribution in [2.24, 2.45) is 11.1 Å². The number of carbonyl (C=O) groups is 1. The summed E-state index contributed by atoms with van der Waals surface area (Å²) in [5, 5.41) is 5.55. The average Bonchev–Trinajstić information content (AvgIpc) is 1.97. The Morgan fingerprint density at radius 2 is 1.73 bits per heavy atom. The summed E-state index contributed by atoms with van der Waals surface area (Å²) in [6, 6.07) is -0.0189. The molecule has 1 atom stereocenters. The first-order valence-corrected chi connectivity index (χ1v) is 5.39. The molecule has 0 aromatic heterocycles. The Morgan fingerprint density at radius 3 is 2.07 bits per heavy atom. The molecule has 0 saturated heterocycles. The summed E-state index contributed by atoms with van der Waals surface area (Å²) in [7, 11) is 0. The number of urea groups is 1. The summed E-state index contributed by atoms with van der Waals surface area (Å²) in [6.45, 7) is 12.5. The van der Waals surface area contributed by atoms with E-state index in [0.29, 0.717) is 6.54 Å². The predicted octanol–water partition coefficient (Wildman–Crippen LogP) is 1.46. The SMILES string of the molecule is CC(C)NC(=O)NCC(C)(N)C(C)(C)C. The second-order valence-electron chi connectivity index (χ2n) is 5.65. The van der Waals surface area contributed by atoms with E-state index in [0.717, 1.165) is 0 Å². The maximum Gasteiger partial charge on any atom is 0.315 e. The monoisotopic (exact) mass is 215 g/mol. The molecule has 0 heterocycles. The fourth-order valence-corrected chi connectivity index (χ4v) is 0.842. The zero-order valence-electron chi connectivity index (χ0n) is 10.8. The van der Waals surface area contributed by atoms with Crippen LogP contribution in [0.1, 0.15) is 41.5 Å². The van der Waals surface area contributed by atoms with Crippen LogP contribution in [0.4, 0.5) is 4.79 Å². The maximum atomic E-state index is 11.3. The van der Waals surface area contributed by atoms with E-state index in [1.807, 2.05) is 20.8 Å². The zero-order chi connectivity index (χ0) is 12.3. The molecule has 0 aliphatic carbocycles. The van der Waals surface area contributed by atoms with Crippen LogP contribution < -0.4 is 16.4 Å². The lowest BCUT2D eigenvalue weighted by atomic mass is 9.75. The third kappa shape index (κ3) is 5.02. The molecule has 4 N–H and O–H groups in total. The van der Waals surface area contributed by atoms with Gasteiger partial charge in [-0.3, -0.25) is 0 Å². The van der Waals surface area contributed by atoms with Crippen LogP contribution in [0.3, 0.4) is 0 Å². The number of carbonyl (C=O) groups excluding carboxylic acids is 1. The van der Waals surface area contributed by atoms with Gasteiger partial charge in [-0.25, -0.2) is 4.79 Å². The van der Waals surface area contributed by atoms with Gasteiger partial charge in [0.05, 0.1) is 0 Å². The van der Waals surface area contributed by atoms with Crippen molar-refractivity contribution >= 4 is 6.03 Å². The fraction of sp³-hybridized carbons (Fsp3) is 0.909. The second kappa shape index (κ2) is 4.84. The molecular weight excluding hydrogens is 190 g/mol. The summed E-state index contributed by atoms with van der Waals surface area (Å²) in [5.41, 5.74) is 5.67. The van der Waals surface area contributed by atoms with Gasteiger partial charge in [0.15, 0.2) is 0 Å². The van der Waals surface area contributed by atoms with E-state index >= 15 is 0 Å². The van der Waals surface area contributed by atoms with Gasteiger partial charge >= 0.3 is 6.03 Å². The standard InChI is InChI=1S/C11H25N3O/c1-8(2)14-9(15)13-7-11(6,12)10(3,4)5/h8H,7,12H2,1-6H3,(H2,13,14,15). The molecule has 0 rings (SSSR count). The third-order valence-corrected chi connectivity index (χ3v) is 2.75. The quantitative estimate of drug-likeness (QED) is 0.667. The molecule has 0 aromatic carbocycles.